The van der Waals surface area contributed by atoms with Gasteiger partial charge < -0.3 is 14.6 Å². The van der Waals surface area contributed by atoms with Crippen LogP contribution in [0.15, 0.2) is 0 Å². The molecule has 0 aromatic carbocycles. The molecule has 1 amide bonds. The van der Waals surface area contributed by atoms with Crippen molar-refractivity contribution >= 4 is 12.1 Å². The quantitative estimate of drug-likeness (QED) is 0.509. The number of carboxylic acid groups (broad SMARTS) is 1. The van der Waals surface area contributed by atoms with Crippen molar-refractivity contribution in [3.8, 4) is 0 Å². The van der Waals surface area contributed by atoms with Crippen LogP contribution in [0.1, 0.15) is 27.7 Å². The van der Waals surface area contributed by atoms with Gasteiger partial charge in [0.05, 0.1) is 0 Å². The number of hydrogen-bond acceptors (Lipinski definition) is 4. The molecule has 12 heavy (non-hydrogen) atoms. The van der Waals surface area contributed by atoms with E-state index in [9.17, 15) is 4.79 Å². The van der Waals surface area contributed by atoms with Crippen LogP contribution >= 0.6 is 0 Å². The van der Waals surface area contributed by atoms with Gasteiger partial charge in [0, 0.05) is 5.97 Å². The van der Waals surface area contributed by atoms with E-state index in [1.807, 2.05) is 0 Å². The molecule has 3 N–H and O–H groups in total. The van der Waals surface area contributed by atoms with E-state index >= 15 is 0 Å². The molecule has 5 heteroatoms. The van der Waals surface area contributed by atoms with Gasteiger partial charge in [-0.3, -0.25) is 5.73 Å². The molecule has 0 atom stereocenters. The summed E-state index contributed by atoms with van der Waals surface area (Å²) in [4.78, 5) is 19.0. The highest BCUT2D eigenvalue weighted by Crippen LogP contribution is 2.04. The van der Waals surface area contributed by atoms with Gasteiger partial charge in [0.25, 0.3) is 0 Å². The van der Waals surface area contributed by atoms with Crippen LogP contribution in [0.25, 0.3) is 0 Å². The molecule has 5 nitrogen and oxygen atoms in total. The predicted octanol–water partition coefficient (Wildman–Crippen LogP) is -1.08. The zero-order valence-corrected chi connectivity index (χ0v) is 7.84. The molecule has 0 rings (SSSR count). The second-order valence-corrected chi connectivity index (χ2v) is 3.08. The van der Waals surface area contributed by atoms with Gasteiger partial charge in [-0.1, -0.05) is 0 Å². The second-order valence-electron chi connectivity index (χ2n) is 3.08. The van der Waals surface area contributed by atoms with E-state index in [1.54, 1.807) is 20.8 Å². The summed E-state index contributed by atoms with van der Waals surface area (Å²) in [5.74, 6) is -1.08. The molecular weight excluding hydrogens is 162 g/mol. The van der Waals surface area contributed by atoms with Gasteiger partial charge in [0.2, 0.25) is 0 Å². The topological polar surface area (TPSA) is 94.1 Å². The third-order valence-electron chi connectivity index (χ3n) is 0.420. The molecule has 0 aromatic rings. The Morgan fingerprint density at radius 3 is 1.58 bits per heavy atom. The van der Waals surface area contributed by atoms with Crippen molar-refractivity contribution in [2.24, 2.45) is 0 Å². The van der Waals surface area contributed by atoms with Crippen molar-refractivity contribution in [1.29, 1.82) is 0 Å². The van der Waals surface area contributed by atoms with Gasteiger partial charge in [0.1, 0.15) is 5.60 Å². The summed E-state index contributed by atoms with van der Waals surface area (Å²) < 4.78 is 4.69. The fourth-order valence-electron chi connectivity index (χ4n) is 0.342. The van der Waals surface area contributed by atoms with E-state index < -0.39 is 17.7 Å². The molecule has 0 aliphatic heterocycles. The number of amides is 1. The zero-order chi connectivity index (χ0) is 10.4. The first-order chi connectivity index (χ1) is 5.15. The van der Waals surface area contributed by atoms with E-state index in [0.29, 0.717) is 0 Å². The molecule has 0 aliphatic carbocycles. The van der Waals surface area contributed by atoms with Crippen molar-refractivity contribution in [3.63, 3.8) is 0 Å². The van der Waals surface area contributed by atoms with Crippen molar-refractivity contribution in [2.45, 2.75) is 33.3 Å². The first-order valence-corrected chi connectivity index (χ1v) is 3.37. The largest absolute Gasteiger partial charge is 0.550 e. The average Bonchev–Trinajstić information content (AvgIpc) is 1.52. The maximum absolute atomic E-state index is 10.1. The Morgan fingerprint density at radius 2 is 1.58 bits per heavy atom. The minimum absolute atomic E-state index is 0.390. The summed E-state index contributed by atoms with van der Waals surface area (Å²) in [6.07, 6.45) is -0.475. The molecule has 0 aromatic heterocycles. The smallest absolute Gasteiger partial charge is 0.511 e. The van der Waals surface area contributed by atoms with E-state index in [1.165, 1.54) is 0 Å². The molecule has 0 aliphatic rings. The fourth-order valence-corrected chi connectivity index (χ4v) is 0.342. The molecule has 0 bridgehead atoms. The molecule has 72 valence electrons. The number of hydrogen-bond donors (Lipinski definition) is 1. The van der Waals surface area contributed by atoms with Gasteiger partial charge >= 0.3 is 6.09 Å². The number of carboxylic acids is 1. The highest BCUT2D eigenvalue weighted by atomic mass is 16.6. The number of aliphatic carboxylic acids is 1. The molecule has 0 fully saturated rings. The highest BCUT2D eigenvalue weighted by molar-refractivity contribution is 5.60. The van der Waals surface area contributed by atoms with E-state index in [0.717, 1.165) is 6.92 Å². The standard InChI is InChI=1S/C5H11NO2.C2H4O2/c1-5(2,3)8-4(6)7;1-2(3)4/h1-3H3,(H2,6,7);1H3,(H,3,4). The molecule has 0 saturated heterocycles. The number of ether oxygens (including phenoxy) is 1. The number of quaternary nitrogens is 1. The lowest BCUT2D eigenvalue weighted by atomic mass is 10.2. The minimum atomic E-state index is -1.08. The van der Waals surface area contributed by atoms with Crippen molar-refractivity contribution in [1.82, 2.24) is 0 Å². The Labute approximate surface area is 71.5 Å². The maximum Gasteiger partial charge on any atom is 0.511 e. The van der Waals surface area contributed by atoms with Crippen LogP contribution in [-0.2, 0) is 9.53 Å². The van der Waals surface area contributed by atoms with Crippen LogP contribution in [0.5, 0.6) is 0 Å². The summed E-state index contributed by atoms with van der Waals surface area (Å²) in [5, 5.41) is 8.89. The van der Waals surface area contributed by atoms with Crippen molar-refractivity contribution in [2.75, 3.05) is 0 Å². The van der Waals surface area contributed by atoms with Gasteiger partial charge in [-0.25, -0.2) is 0 Å². The molecule has 0 saturated carbocycles. The SMILES string of the molecule is CC(=O)[O-].CC(C)(C)OC([NH3+])=O. The minimum Gasteiger partial charge on any atom is -0.550 e. The van der Waals surface area contributed by atoms with Crippen molar-refractivity contribution < 1.29 is 25.2 Å². The van der Waals surface area contributed by atoms with Crippen LogP contribution in [0.2, 0.25) is 0 Å². The normalized spacial score (nSPS) is 9.42. The van der Waals surface area contributed by atoms with E-state index in [-0.39, 0.29) is 0 Å². The van der Waals surface area contributed by atoms with Gasteiger partial charge in [-0.2, -0.15) is 4.79 Å². The zero-order valence-electron chi connectivity index (χ0n) is 7.84. The van der Waals surface area contributed by atoms with Crippen LogP contribution in [0.3, 0.4) is 0 Å². The first kappa shape index (κ1) is 13.5. The Balaban J connectivity index is 0. The van der Waals surface area contributed by atoms with Crippen LogP contribution < -0.4 is 10.8 Å². The van der Waals surface area contributed by atoms with E-state index in [2.05, 4.69) is 10.5 Å². The Morgan fingerprint density at radius 1 is 1.33 bits per heavy atom. The highest BCUT2D eigenvalue weighted by Gasteiger charge is 2.14. The average molecular weight is 177 g/mol. The lowest BCUT2D eigenvalue weighted by Gasteiger charge is -2.14. The Bertz CT molecular complexity index is 155. The third kappa shape index (κ3) is 36.5. The summed E-state index contributed by atoms with van der Waals surface area (Å²) in [6.45, 7) is 6.38. The predicted molar refractivity (Wildman–Crippen MR) is 39.8 cm³/mol. The van der Waals surface area contributed by atoms with Gasteiger partial charge in [-0.05, 0) is 27.7 Å². The number of carbonyl (C=O) groups excluding carboxylic acids is 2. The molecule has 0 heterocycles. The summed E-state index contributed by atoms with van der Waals surface area (Å²) in [7, 11) is 0. The lowest BCUT2D eigenvalue weighted by Crippen LogP contribution is -2.59. The fraction of sp³-hybridized carbons (Fsp3) is 0.714. The van der Waals surface area contributed by atoms with Gasteiger partial charge in [0.15, 0.2) is 0 Å². The molecule has 0 radical (unpaired) electrons. The monoisotopic (exact) mass is 177 g/mol. The number of rotatable bonds is 0. The second kappa shape index (κ2) is 5.54. The van der Waals surface area contributed by atoms with Gasteiger partial charge in [-0.15, -0.1) is 0 Å². The number of carbonyl (C=O) groups is 2. The lowest BCUT2D eigenvalue weighted by molar-refractivity contribution is -0.302. The Kier molecular flexibility index (Phi) is 6.22. The first-order valence-electron chi connectivity index (χ1n) is 3.37. The third-order valence-corrected chi connectivity index (χ3v) is 0.420. The van der Waals surface area contributed by atoms with Crippen LogP contribution in [0.4, 0.5) is 4.79 Å². The molecule has 0 spiro atoms. The van der Waals surface area contributed by atoms with Crippen LogP contribution in [-0.4, -0.2) is 17.7 Å². The Hall–Kier alpha value is -1.10. The van der Waals surface area contributed by atoms with Crippen molar-refractivity contribution in [3.05, 3.63) is 0 Å². The maximum atomic E-state index is 10.1. The van der Waals surface area contributed by atoms with Crippen LogP contribution in [0, 0.1) is 0 Å². The summed E-state index contributed by atoms with van der Waals surface area (Å²) in [6, 6.07) is 0. The molecular formula is C7H15NO4. The molecule has 0 unspecified atom stereocenters. The van der Waals surface area contributed by atoms with E-state index in [4.69, 9.17) is 9.90 Å². The summed E-state index contributed by atoms with van der Waals surface area (Å²) >= 11 is 0. The summed E-state index contributed by atoms with van der Waals surface area (Å²) in [5.41, 5.74) is 2.67.